The van der Waals surface area contributed by atoms with Gasteiger partial charge < -0.3 is 15.0 Å². The fourth-order valence-electron chi connectivity index (χ4n) is 5.85. The monoisotopic (exact) mass is 540 g/mol. The molecule has 2 aromatic heterocycles. The van der Waals surface area contributed by atoms with Gasteiger partial charge in [0.25, 0.3) is 5.91 Å². The third-order valence-electron chi connectivity index (χ3n) is 7.64. The summed E-state index contributed by atoms with van der Waals surface area (Å²) in [6.45, 7) is 8.30. The molecule has 6 rings (SSSR count). The Morgan fingerprint density at radius 2 is 1.88 bits per heavy atom. The lowest BCUT2D eigenvalue weighted by Gasteiger charge is -2.41. The molecule has 1 saturated heterocycles. The maximum Gasteiger partial charge on any atom is 0.312 e. The van der Waals surface area contributed by atoms with Gasteiger partial charge in [0.05, 0.1) is 18.2 Å². The number of nitrogens with zero attached hydrogens (tertiary/aromatic N) is 6. The molecular weight excluding hydrogens is 508 g/mol. The third kappa shape index (κ3) is 5.12. The number of H-pyrrole nitrogens is 1. The van der Waals surface area contributed by atoms with Gasteiger partial charge in [-0.3, -0.25) is 14.5 Å². The Hall–Kier alpha value is -4.38. The first-order valence-corrected chi connectivity index (χ1v) is 13.6. The predicted octanol–water partition coefficient (Wildman–Crippen LogP) is 3.52. The molecule has 2 N–H and O–H groups in total. The van der Waals surface area contributed by atoms with Crippen LogP contribution < -0.4 is 5.32 Å². The average Bonchev–Trinajstić information content (AvgIpc) is 3.58. The number of likely N-dealkylation sites (tertiary alicyclic amines) is 1. The summed E-state index contributed by atoms with van der Waals surface area (Å²) in [5.41, 5.74) is 7.14. The zero-order valence-corrected chi connectivity index (χ0v) is 22.8. The first kappa shape index (κ1) is 25.9. The second-order valence-electron chi connectivity index (χ2n) is 10.6. The van der Waals surface area contributed by atoms with Gasteiger partial charge in [0, 0.05) is 55.2 Å². The fraction of sp³-hybridized carbons (Fsp3) is 0.379. The van der Waals surface area contributed by atoms with Crippen LogP contribution in [0.5, 0.6) is 0 Å². The second-order valence-corrected chi connectivity index (χ2v) is 10.6. The number of carbonyl (C=O) groups is 2. The van der Waals surface area contributed by atoms with Gasteiger partial charge in [0.15, 0.2) is 0 Å². The van der Waals surface area contributed by atoms with Gasteiger partial charge in [0.2, 0.25) is 5.95 Å². The van der Waals surface area contributed by atoms with Crippen molar-refractivity contribution in [2.75, 3.05) is 25.0 Å². The van der Waals surface area contributed by atoms with Crippen LogP contribution in [0.25, 0.3) is 11.0 Å². The molecular formula is C29H32N8O3. The highest BCUT2D eigenvalue weighted by atomic mass is 16.5. The molecule has 0 spiro atoms. The number of benzene rings is 2. The van der Waals surface area contributed by atoms with Crippen LogP contribution in [-0.4, -0.2) is 72.8 Å². The standard InChI is InChI=1S/C29H32N8O3/c1-4-40-28(39)22-15-36(27(38)19-5-6-23-24(12-19)34-35-33-23)8-7-26(22)37-14-20-13-30-29(32-25(20)16-37)31-21-10-17(2)9-18(3)11-21/h5-6,9-13,22,26H,4,7-8,14-16H2,1-3H3,(H,30,31,32)(H,33,34,35)/t22-,26-/m1/s1. The number of esters is 1. The number of rotatable bonds is 6. The van der Waals surface area contributed by atoms with Gasteiger partial charge >= 0.3 is 5.97 Å². The fourth-order valence-corrected chi connectivity index (χ4v) is 5.85. The number of anilines is 2. The first-order valence-electron chi connectivity index (χ1n) is 13.6. The van der Waals surface area contributed by atoms with Crippen molar-refractivity contribution in [1.29, 1.82) is 0 Å². The zero-order valence-electron chi connectivity index (χ0n) is 22.8. The molecule has 11 nitrogen and oxygen atoms in total. The molecule has 0 unspecified atom stereocenters. The maximum atomic E-state index is 13.4. The SMILES string of the molecule is CCOC(=O)[C@@H]1CN(C(=O)c2ccc3n[nH]nc3c2)CC[C@H]1N1Cc2cnc(Nc3cc(C)cc(C)c3)nc2C1. The Balaban J connectivity index is 1.18. The number of hydrogen-bond acceptors (Lipinski definition) is 9. The van der Waals surface area contributed by atoms with Crippen LogP contribution in [-0.2, 0) is 22.6 Å². The molecule has 2 aromatic carbocycles. The van der Waals surface area contributed by atoms with E-state index in [2.05, 4.69) is 62.7 Å². The van der Waals surface area contributed by atoms with E-state index in [4.69, 9.17) is 9.72 Å². The Bertz CT molecular complexity index is 1560. The lowest BCUT2D eigenvalue weighted by molar-refractivity contribution is -0.152. The molecule has 1 amide bonds. The number of hydrogen-bond donors (Lipinski definition) is 2. The van der Waals surface area contributed by atoms with Crippen molar-refractivity contribution in [3.05, 3.63) is 70.5 Å². The molecule has 2 aliphatic rings. The van der Waals surface area contributed by atoms with Gasteiger partial charge in [-0.25, -0.2) is 9.97 Å². The normalized spacial score (nSPS) is 19.0. The van der Waals surface area contributed by atoms with E-state index in [0.717, 1.165) is 16.9 Å². The highest BCUT2D eigenvalue weighted by Crippen LogP contribution is 2.32. The molecule has 0 bridgehead atoms. The minimum absolute atomic E-state index is 0.0776. The number of ether oxygens (including phenoxy) is 1. The number of nitrogens with one attached hydrogen (secondary N) is 2. The lowest BCUT2D eigenvalue weighted by atomic mass is 9.90. The van der Waals surface area contributed by atoms with Gasteiger partial charge in [0.1, 0.15) is 11.0 Å². The number of carbonyl (C=O) groups excluding carboxylic acids is 2. The Morgan fingerprint density at radius 1 is 1.07 bits per heavy atom. The average molecular weight is 541 g/mol. The van der Waals surface area contributed by atoms with Crippen LogP contribution in [0.4, 0.5) is 11.6 Å². The summed E-state index contributed by atoms with van der Waals surface area (Å²) in [7, 11) is 0. The molecule has 4 aromatic rings. The van der Waals surface area contributed by atoms with Gasteiger partial charge in [-0.15, -0.1) is 0 Å². The van der Waals surface area contributed by atoms with Crippen molar-refractivity contribution in [2.24, 2.45) is 5.92 Å². The third-order valence-corrected chi connectivity index (χ3v) is 7.64. The van der Waals surface area contributed by atoms with Crippen molar-refractivity contribution < 1.29 is 14.3 Å². The Morgan fingerprint density at radius 3 is 2.67 bits per heavy atom. The molecule has 2 atom stereocenters. The molecule has 2 aliphatic heterocycles. The van der Waals surface area contributed by atoms with E-state index in [9.17, 15) is 9.59 Å². The molecule has 0 radical (unpaired) electrons. The van der Waals surface area contributed by atoms with Crippen molar-refractivity contribution >= 4 is 34.5 Å². The largest absolute Gasteiger partial charge is 0.466 e. The predicted molar refractivity (Wildman–Crippen MR) is 149 cm³/mol. The van der Waals surface area contributed by atoms with Crippen LogP contribution in [0, 0.1) is 19.8 Å². The highest BCUT2D eigenvalue weighted by molar-refractivity contribution is 5.97. The number of piperidine rings is 1. The van der Waals surface area contributed by atoms with Crippen molar-refractivity contribution in [1.82, 2.24) is 35.2 Å². The summed E-state index contributed by atoms with van der Waals surface area (Å²) in [6, 6.07) is 11.4. The minimum Gasteiger partial charge on any atom is -0.466 e. The van der Waals surface area contributed by atoms with Crippen molar-refractivity contribution in [2.45, 2.75) is 46.3 Å². The van der Waals surface area contributed by atoms with E-state index in [0.29, 0.717) is 48.6 Å². The van der Waals surface area contributed by atoms with Gasteiger partial charge in [-0.05, 0) is 68.7 Å². The summed E-state index contributed by atoms with van der Waals surface area (Å²) in [4.78, 5) is 39.9. The molecule has 1 fully saturated rings. The summed E-state index contributed by atoms with van der Waals surface area (Å²) < 4.78 is 5.47. The Labute approximate surface area is 231 Å². The summed E-state index contributed by atoms with van der Waals surface area (Å²) in [6.07, 6.45) is 2.52. The maximum absolute atomic E-state index is 13.4. The second kappa shape index (κ2) is 10.6. The van der Waals surface area contributed by atoms with Crippen LogP contribution in [0.15, 0.2) is 42.6 Å². The minimum atomic E-state index is -0.469. The zero-order chi connectivity index (χ0) is 27.8. The number of amides is 1. The van der Waals surface area contributed by atoms with E-state index >= 15 is 0 Å². The van der Waals surface area contributed by atoms with Crippen LogP contribution in [0.1, 0.15) is 46.1 Å². The van der Waals surface area contributed by atoms with E-state index < -0.39 is 5.92 Å². The van der Waals surface area contributed by atoms with E-state index in [1.807, 2.05) is 6.20 Å². The molecule has 4 heterocycles. The topological polar surface area (TPSA) is 129 Å². The van der Waals surface area contributed by atoms with Crippen LogP contribution >= 0.6 is 0 Å². The van der Waals surface area contributed by atoms with Crippen molar-refractivity contribution in [3.8, 4) is 0 Å². The molecule has 40 heavy (non-hydrogen) atoms. The summed E-state index contributed by atoms with van der Waals surface area (Å²) in [5, 5.41) is 14.0. The van der Waals surface area contributed by atoms with Gasteiger partial charge in [-0.2, -0.15) is 15.4 Å². The van der Waals surface area contributed by atoms with E-state index in [1.165, 1.54) is 11.1 Å². The lowest BCUT2D eigenvalue weighted by Crippen LogP contribution is -2.54. The number of fused-ring (bicyclic) bond motifs is 2. The van der Waals surface area contributed by atoms with E-state index in [-0.39, 0.29) is 31.1 Å². The van der Waals surface area contributed by atoms with E-state index in [1.54, 1.807) is 30.0 Å². The van der Waals surface area contributed by atoms with Crippen LogP contribution in [0.2, 0.25) is 0 Å². The number of aromatic nitrogens is 5. The molecule has 206 valence electrons. The summed E-state index contributed by atoms with van der Waals surface area (Å²) in [5.74, 6) is -0.327. The highest BCUT2D eigenvalue weighted by Gasteiger charge is 2.42. The number of aromatic amines is 1. The molecule has 0 aliphatic carbocycles. The first-order chi connectivity index (χ1) is 19.4. The quantitative estimate of drug-likeness (QED) is 0.353. The molecule has 11 heteroatoms. The Kier molecular flexibility index (Phi) is 6.89. The molecule has 0 saturated carbocycles. The summed E-state index contributed by atoms with van der Waals surface area (Å²) >= 11 is 0. The van der Waals surface area contributed by atoms with Crippen molar-refractivity contribution in [3.63, 3.8) is 0 Å². The smallest absolute Gasteiger partial charge is 0.312 e. The van der Waals surface area contributed by atoms with Gasteiger partial charge in [-0.1, -0.05) is 6.07 Å². The van der Waals surface area contributed by atoms with Crippen LogP contribution in [0.3, 0.4) is 0 Å². The number of aryl methyl sites for hydroxylation is 2.